The number of non-ortho nitro benzene ring substituents is 1. The second-order valence-electron chi connectivity index (χ2n) is 4.90. The molecule has 2 aromatic carbocycles. The van der Waals surface area contributed by atoms with E-state index in [4.69, 9.17) is 4.74 Å². The van der Waals surface area contributed by atoms with Crippen LogP contribution in [0, 0.1) is 10.1 Å². The third kappa shape index (κ3) is 5.20. The van der Waals surface area contributed by atoms with Gasteiger partial charge in [-0.15, -0.1) is 0 Å². The summed E-state index contributed by atoms with van der Waals surface area (Å²) in [5.74, 6) is 0.475. The first-order valence-electron chi connectivity index (χ1n) is 7.36. The summed E-state index contributed by atoms with van der Waals surface area (Å²) in [4.78, 5) is 21.9. The Labute approximate surface area is 139 Å². The molecular formula is C17H17N3O4. The van der Waals surface area contributed by atoms with E-state index in [1.165, 1.54) is 18.3 Å². The molecule has 0 fully saturated rings. The van der Waals surface area contributed by atoms with Crippen LogP contribution in [0.4, 0.5) is 5.69 Å². The molecule has 0 saturated carbocycles. The summed E-state index contributed by atoms with van der Waals surface area (Å²) in [6.45, 7) is 2.52. The first kappa shape index (κ1) is 17.1. The molecule has 1 amide bonds. The number of amides is 1. The van der Waals surface area contributed by atoms with E-state index in [2.05, 4.69) is 10.5 Å². The van der Waals surface area contributed by atoms with Crippen molar-refractivity contribution in [2.24, 2.45) is 5.10 Å². The number of nitrogens with one attached hydrogen (secondary N) is 1. The molecule has 0 radical (unpaired) electrons. The van der Waals surface area contributed by atoms with E-state index in [0.717, 1.165) is 11.3 Å². The van der Waals surface area contributed by atoms with Gasteiger partial charge in [-0.05, 0) is 42.3 Å². The van der Waals surface area contributed by atoms with Crippen LogP contribution in [0.2, 0.25) is 0 Å². The number of carbonyl (C=O) groups is 1. The molecule has 2 rings (SSSR count). The van der Waals surface area contributed by atoms with E-state index in [1.807, 2.05) is 31.2 Å². The number of hydrogen-bond acceptors (Lipinski definition) is 5. The summed E-state index contributed by atoms with van der Waals surface area (Å²) < 4.78 is 5.34. The predicted molar refractivity (Wildman–Crippen MR) is 90.1 cm³/mol. The van der Waals surface area contributed by atoms with Crippen molar-refractivity contribution in [1.29, 1.82) is 0 Å². The van der Waals surface area contributed by atoms with Crippen molar-refractivity contribution in [1.82, 2.24) is 5.43 Å². The summed E-state index contributed by atoms with van der Waals surface area (Å²) in [5.41, 5.74) is 3.92. The lowest BCUT2D eigenvalue weighted by molar-refractivity contribution is -0.384. The minimum absolute atomic E-state index is 0.00678. The van der Waals surface area contributed by atoms with Gasteiger partial charge < -0.3 is 4.74 Å². The fourth-order valence-electron chi connectivity index (χ4n) is 1.96. The van der Waals surface area contributed by atoms with Gasteiger partial charge in [0.25, 0.3) is 5.69 Å². The summed E-state index contributed by atoms with van der Waals surface area (Å²) in [7, 11) is 0. The number of hydrogen-bond donors (Lipinski definition) is 1. The van der Waals surface area contributed by atoms with E-state index in [0.29, 0.717) is 12.2 Å². The van der Waals surface area contributed by atoms with E-state index < -0.39 is 4.92 Å². The molecule has 124 valence electrons. The smallest absolute Gasteiger partial charge is 0.269 e. The van der Waals surface area contributed by atoms with Crippen molar-refractivity contribution in [3.05, 3.63) is 69.8 Å². The van der Waals surface area contributed by atoms with Crippen molar-refractivity contribution in [2.75, 3.05) is 6.61 Å². The number of nitro benzene ring substituents is 1. The Bertz CT molecular complexity index is 725. The van der Waals surface area contributed by atoms with Gasteiger partial charge in [-0.1, -0.05) is 12.1 Å². The third-order valence-corrected chi connectivity index (χ3v) is 3.11. The van der Waals surface area contributed by atoms with Crippen molar-refractivity contribution in [3.8, 4) is 5.75 Å². The van der Waals surface area contributed by atoms with Gasteiger partial charge in [0.1, 0.15) is 5.75 Å². The summed E-state index contributed by atoms with van der Waals surface area (Å²) in [6.07, 6.45) is 1.63. The number of rotatable bonds is 7. The second-order valence-corrected chi connectivity index (χ2v) is 4.90. The molecular weight excluding hydrogens is 310 g/mol. The lowest BCUT2D eigenvalue weighted by Crippen LogP contribution is -2.19. The number of nitro groups is 1. The van der Waals surface area contributed by atoms with Crippen molar-refractivity contribution in [2.45, 2.75) is 13.3 Å². The fraction of sp³-hybridized carbons (Fsp3) is 0.176. The highest BCUT2D eigenvalue weighted by Gasteiger charge is 2.06. The molecule has 0 aliphatic carbocycles. The van der Waals surface area contributed by atoms with Gasteiger partial charge in [-0.3, -0.25) is 14.9 Å². The standard InChI is InChI=1S/C17H17N3O4/c1-2-24-16-9-5-14(6-10-16)12-18-19-17(21)11-13-3-7-15(8-4-13)20(22)23/h3-10,12H,2,11H2,1H3,(H,19,21)/b18-12+. The molecule has 0 aliphatic rings. The van der Waals surface area contributed by atoms with Crippen LogP contribution in [0.15, 0.2) is 53.6 Å². The molecule has 0 atom stereocenters. The topological polar surface area (TPSA) is 93.8 Å². The van der Waals surface area contributed by atoms with E-state index in [1.54, 1.807) is 12.1 Å². The molecule has 1 N–H and O–H groups in total. The first-order chi connectivity index (χ1) is 11.6. The molecule has 24 heavy (non-hydrogen) atoms. The lowest BCUT2D eigenvalue weighted by atomic mass is 10.1. The minimum Gasteiger partial charge on any atom is -0.494 e. The number of carbonyl (C=O) groups excluding carboxylic acids is 1. The monoisotopic (exact) mass is 327 g/mol. The van der Waals surface area contributed by atoms with Crippen LogP contribution >= 0.6 is 0 Å². The summed E-state index contributed by atoms with van der Waals surface area (Å²) >= 11 is 0. The Morgan fingerprint density at radius 2 is 1.88 bits per heavy atom. The minimum atomic E-state index is -0.481. The highest BCUT2D eigenvalue weighted by molar-refractivity contribution is 5.83. The zero-order valence-electron chi connectivity index (χ0n) is 13.1. The highest BCUT2D eigenvalue weighted by atomic mass is 16.6. The van der Waals surface area contributed by atoms with Crippen molar-refractivity contribution in [3.63, 3.8) is 0 Å². The molecule has 0 aliphatic heterocycles. The Balaban J connectivity index is 1.84. The summed E-state index contributed by atoms with van der Waals surface area (Å²) in [5, 5.41) is 14.5. The van der Waals surface area contributed by atoms with Gasteiger partial charge in [0.2, 0.25) is 5.91 Å². The second kappa shape index (κ2) is 8.42. The number of nitrogens with zero attached hydrogens (tertiary/aromatic N) is 2. The van der Waals surface area contributed by atoms with Crippen LogP contribution in [-0.2, 0) is 11.2 Å². The van der Waals surface area contributed by atoms with E-state index >= 15 is 0 Å². The molecule has 7 heteroatoms. The van der Waals surface area contributed by atoms with E-state index in [-0.39, 0.29) is 18.0 Å². The van der Waals surface area contributed by atoms with Gasteiger partial charge in [0.15, 0.2) is 0 Å². The van der Waals surface area contributed by atoms with Gasteiger partial charge in [-0.25, -0.2) is 5.43 Å². The van der Waals surface area contributed by atoms with Gasteiger partial charge in [0.05, 0.1) is 24.2 Å². The molecule has 0 bridgehead atoms. The molecule has 2 aromatic rings. The molecule has 0 saturated heterocycles. The van der Waals surface area contributed by atoms with Crippen LogP contribution in [0.5, 0.6) is 5.75 Å². The summed E-state index contributed by atoms with van der Waals surface area (Å²) in [6, 6.07) is 13.1. The Hall–Kier alpha value is -3.22. The maximum Gasteiger partial charge on any atom is 0.269 e. The van der Waals surface area contributed by atoms with Crippen LogP contribution in [0.3, 0.4) is 0 Å². The maximum atomic E-state index is 11.8. The number of benzene rings is 2. The first-order valence-corrected chi connectivity index (χ1v) is 7.36. The largest absolute Gasteiger partial charge is 0.494 e. The molecule has 0 unspecified atom stereocenters. The Kier molecular flexibility index (Phi) is 6.01. The number of ether oxygens (including phenoxy) is 1. The predicted octanol–water partition coefficient (Wildman–Crippen LogP) is 2.69. The Morgan fingerprint density at radius 1 is 1.21 bits per heavy atom. The molecule has 0 heterocycles. The van der Waals surface area contributed by atoms with Crippen LogP contribution < -0.4 is 10.2 Å². The van der Waals surface area contributed by atoms with Crippen molar-refractivity contribution < 1.29 is 14.5 Å². The quantitative estimate of drug-likeness (QED) is 0.480. The normalized spacial score (nSPS) is 10.5. The maximum absolute atomic E-state index is 11.8. The average Bonchev–Trinajstić information content (AvgIpc) is 2.57. The molecule has 7 nitrogen and oxygen atoms in total. The fourth-order valence-corrected chi connectivity index (χ4v) is 1.96. The highest BCUT2D eigenvalue weighted by Crippen LogP contribution is 2.12. The molecule has 0 aromatic heterocycles. The van der Waals surface area contributed by atoms with Gasteiger partial charge >= 0.3 is 0 Å². The van der Waals surface area contributed by atoms with E-state index in [9.17, 15) is 14.9 Å². The van der Waals surface area contributed by atoms with Gasteiger partial charge in [0, 0.05) is 12.1 Å². The molecule has 0 spiro atoms. The van der Waals surface area contributed by atoms with Crippen LogP contribution in [0.1, 0.15) is 18.1 Å². The zero-order chi connectivity index (χ0) is 17.4. The zero-order valence-corrected chi connectivity index (χ0v) is 13.1. The van der Waals surface area contributed by atoms with Crippen molar-refractivity contribution >= 4 is 17.8 Å². The van der Waals surface area contributed by atoms with Gasteiger partial charge in [-0.2, -0.15) is 5.10 Å². The SMILES string of the molecule is CCOc1ccc(/C=N/NC(=O)Cc2ccc([N+](=O)[O-])cc2)cc1. The third-order valence-electron chi connectivity index (χ3n) is 3.11. The lowest BCUT2D eigenvalue weighted by Gasteiger charge is -2.02. The average molecular weight is 327 g/mol. The van der Waals surface area contributed by atoms with Crippen LogP contribution in [-0.4, -0.2) is 23.7 Å². The number of hydrazone groups is 1. The van der Waals surface area contributed by atoms with Crippen LogP contribution in [0.25, 0.3) is 0 Å². The Morgan fingerprint density at radius 3 is 2.46 bits per heavy atom.